The maximum Gasteiger partial charge on any atom is 0.337 e. The fraction of sp³-hybridized carbons (Fsp3) is 0.393. The molecule has 2 aromatic carbocycles. The minimum atomic E-state index is -0.455. The van der Waals surface area contributed by atoms with Crippen LogP contribution in [-0.2, 0) is 9.47 Å². The Morgan fingerprint density at radius 1 is 1.11 bits per heavy atom. The number of nitrogens with one attached hydrogen (secondary N) is 1. The highest BCUT2D eigenvalue weighted by molar-refractivity contribution is 6.12. The van der Waals surface area contributed by atoms with Crippen molar-refractivity contribution in [2.75, 3.05) is 45.4 Å². The maximum atomic E-state index is 12.1. The Hall–Kier alpha value is -3.53. The van der Waals surface area contributed by atoms with Gasteiger partial charge in [-0.25, -0.2) is 20.6 Å². The van der Waals surface area contributed by atoms with E-state index in [0.29, 0.717) is 29.4 Å². The van der Waals surface area contributed by atoms with Crippen LogP contribution in [0, 0.1) is 0 Å². The van der Waals surface area contributed by atoms with Gasteiger partial charge in [0, 0.05) is 24.6 Å². The van der Waals surface area contributed by atoms with Crippen LogP contribution in [0.5, 0.6) is 0 Å². The van der Waals surface area contributed by atoms with Gasteiger partial charge in [-0.15, -0.1) is 0 Å². The number of carbonyl (C=O) groups is 1. The van der Waals surface area contributed by atoms with Crippen molar-refractivity contribution in [2.24, 2.45) is 5.84 Å². The van der Waals surface area contributed by atoms with Crippen LogP contribution in [0.15, 0.2) is 48.5 Å². The molecule has 1 aliphatic heterocycles. The SMILES string of the molecule is COC(=O)c1ccc2c(c1)[nH]c1nc(C(OC)c3ccccc3)nc(N(N)CCCN3CCCCC3)c12. The highest BCUT2D eigenvalue weighted by Gasteiger charge is 2.23. The molecule has 0 spiro atoms. The van der Waals surface area contributed by atoms with Gasteiger partial charge in [-0.2, -0.15) is 0 Å². The summed E-state index contributed by atoms with van der Waals surface area (Å²) in [5.74, 6) is 7.43. The van der Waals surface area contributed by atoms with Crippen LogP contribution in [0.1, 0.15) is 53.5 Å². The molecule has 9 heteroatoms. The van der Waals surface area contributed by atoms with E-state index in [2.05, 4.69) is 9.88 Å². The number of nitrogens with zero attached hydrogens (tertiary/aromatic N) is 4. The van der Waals surface area contributed by atoms with Crippen molar-refractivity contribution in [3.63, 3.8) is 0 Å². The highest BCUT2D eigenvalue weighted by atomic mass is 16.5. The van der Waals surface area contributed by atoms with Gasteiger partial charge in [0.15, 0.2) is 11.6 Å². The van der Waals surface area contributed by atoms with Crippen molar-refractivity contribution in [2.45, 2.75) is 31.8 Å². The number of esters is 1. The molecule has 1 aliphatic rings. The summed E-state index contributed by atoms with van der Waals surface area (Å²) < 4.78 is 10.7. The Bertz CT molecular complexity index is 1370. The molecule has 1 fully saturated rings. The molecule has 1 unspecified atom stereocenters. The number of aromatic amines is 1. The predicted molar refractivity (Wildman–Crippen MR) is 144 cm³/mol. The first-order valence-corrected chi connectivity index (χ1v) is 12.8. The van der Waals surface area contributed by atoms with Crippen LogP contribution in [0.2, 0.25) is 0 Å². The number of ether oxygens (including phenoxy) is 2. The number of carbonyl (C=O) groups excluding carboxylic acids is 1. The Morgan fingerprint density at radius 2 is 1.89 bits per heavy atom. The molecule has 37 heavy (non-hydrogen) atoms. The first-order valence-electron chi connectivity index (χ1n) is 12.8. The molecule has 194 valence electrons. The van der Waals surface area contributed by atoms with Gasteiger partial charge in [0.2, 0.25) is 0 Å². The van der Waals surface area contributed by atoms with E-state index < -0.39 is 12.1 Å². The molecular weight excluding hydrogens is 468 g/mol. The zero-order valence-electron chi connectivity index (χ0n) is 21.4. The Balaban J connectivity index is 1.55. The van der Waals surface area contributed by atoms with Gasteiger partial charge in [0.1, 0.15) is 11.8 Å². The molecule has 5 rings (SSSR count). The second-order valence-corrected chi connectivity index (χ2v) is 9.48. The van der Waals surface area contributed by atoms with Crippen LogP contribution in [0.4, 0.5) is 5.82 Å². The van der Waals surface area contributed by atoms with Crippen molar-refractivity contribution in [1.82, 2.24) is 19.9 Å². The van der Waals surface area contributed by atoms with E-state index in [4.69, 9.17) is 25.3 Å². The van der Waals surface area contributed by atoms with Crippen LogP contribution in [-0.4, -0.2) is 66.2 Å². The number of hydrogen-bond donors (Lipinski definition) is 2. The number of aromatic nitrogens is 3. The molecule has 0 radical (unpaired) electrons. The molecule has 1 saturated heterocycles. The molecular formula is C28H34N6O3. The number of nitrogens with two attached hydrogens (primary N) is 1. The highest BCUT2D eigenvalue weighted by Crippen LogP contribution is 2.34. The average molecular weight is 503 g/mol. The van der Waals surface area contributed by atoms with Crippen molar-refractivity contribution in [3.05, 3.63) is 65.5 Å². The lowest BCUT2D eigenvalue weighted by Gasteiger charge is -2.27. The second-order valence-electron chi connectivity index (χ2n) is 9.48. The van der Waals surface area contributed by atoms with E-state index in [-0.39, 0.29) is 0 Å². The van der Waals surface area contributed by atoms with Gasteiger partial charge in [-0.05, 0) is 56.6 Å². The minimum Gasteiger partial charge on any atom is -0.465 e. The Labute approximate surface area is 216 Å². The first-order chi connectivity index (χ1) is 18.1. The lowest BCUT2D eigenvalue weighted by Crippen LogP contribution is -2.37. The van der Waals surface area contributed by atoms with Gasteiger partial charge >= 0.3 is 5.97 Å². The summed E-state index contributed by atoms with van der Waals surface area (Å²) in [6.45, 7) is 3.97. The smallest absolute Gasteiger partial charge is 0.337 e. The normalized spacial score (nSPS) is 15.2. The quantitative estimate of drug-likeness (QED) is 0.199. The fourth-order valence-electron chi connectivity index (χ4n) is 5.14. The Kier molecular flexibility index (Phi) is 7.64. The van der Waals surface area contributed by atoms with E-state index in [1.165, 1.54) is 26.4 Å². The molecule has 3 N–H and O–H groups in total. The van der Waals surface area contributed by atoms with Gasteiger partial charge in [0.05, 0.1) is 18.1 Å². The molecule has 1 atom stereocenters. The fourth-order valence-corrected chi connectivity index (χ4v) is 5.14. The van der Waals surface area contributed by atoms with E-state index >= 15 is 0 Å². The summed E-state index contributed by atoms with van der Waals surface area (Å²) in [4.78, 5) is 27.8. The van der Waals surface area contributed by atoms with Crippen LogP contribution in [0.3, 0.4) is 0 Å². The van der Waals surface area contributed by atoms with Crippen molar-refractivity contribution < 1.29 is 14.3 Å². The van der Waals surface area contributed by atoms with Gasteiger partial charge in [-0.1, -0.05) is 42.8 Å². The van der Waals surface area contributed by atoms with Crippen molar-refractivity contribution >= 4 is 33.7 Å². The van der Waals surface area contributed by atoms with E-state index in [1.54, 1.807) is 24.3 Å². The van der Waals surface area contributed by atoms with Crippen LogP contribution < -0.4 is 10.9 Å². The van der Waals surface area contributed by atoms with Gasteiger partial charge in [-0.3, -0.25) is 5.01 Å². The van der Waals surface area contributed by atoms with Crippen LogP contribution >= 0.6 is 0 Å². The average Bonchev–Trinajstić information content (AvgIpc) is 3.31. The van der Waals surface area contributed by atoms with E-state index in [0.717, 1.165) is 47.9 Å². The number of hydrazine groups is 1. The summed E-state index contributed by atoms with van der Waals surface area (Å²) in [6, 6.07) is 15.3. The lowest BCUT2D eigenvalue weighted by molar-refractivity contribution is 0.0601. The number of rotatable bonds is 9. The summed E-state index contributed by atoms with van der Waals surface area (Å²) in [7, 11) is 3.02. The molecule has 4 aromatic rings. The zero-order chi connectivity index (χ0) is 25.8. The molecule has 2 aromatic heterocycles. The van der Waals surface area contributed by atoms with Crippen molar-refractivity contribution in [3.8, 4) is 0 Å². The lowest BCUT2D eigenvalue weighted by atomic mass is 10.1. The maximum absolute atomic E-state index is 12.1. The molecule has 3 heterocycles. The second kappa shape index (κ2) is 11.2. The summed E-state index contributed by atoms with van der Waals surface area (Å²) in [5, 5.41) is 3.43. The predicted octanol–water partition coefficient (Wildman–Crippen LogP) is 4.19. The number of benzene rings is 2. The third-order valence-corrected chi connectivity index (χ3v) is 7.04. The van der Waals surface area contributed by atoms with Crippen LogP contribution in [0.25, 0.3) is 21.9 Å². The number of fused-ring (bicyclic) bond motifs is 3. The summed E-state index contributed by atoms with van der Waals surface area (Å²) in [5.41, 5.74) is 2.82. The van der Waals surface area contributed by atoms with E-state index in [1.807, 2.05) is 36.4 Å². The molecule has 0 saturated carbocycles. The monoisotopic (exact) mass is 502 g/mol. The number of hydrogen-bond acceptors (Lipinski definition) is 8. The number of anilines is 1. The number of methoxy groups -OCH3 is 2. The summed E-state index contributed by atoms with van der Waals surface area (Å²) in [6.07, 6.45) is 4.33. The number of piperidine rings is 1. The minimum absolute atomic E-state index is 0.394. The molecule has 9 nitrogen and oxygen atoms in total. The zero-order valence-corrected chi connectivity index (χ0v) is 21.4. The van der Waals surface area contributed by atoms with Crippen molar-refractivity contribution in [1.29, 1.82) is 0 Å². The summed E-state index contributed by atoms with van der Waals surface area (Å²) >= 11 is 0. The van der Waals surface area contributed by atoms with Gasteiger partial charge in [0.25, 0.3) is 0 Å². The molecule has 0 bridgehead atoms. The Morgan fingerprint density at radius 3 is 2.62 bits per heavy atom. The third-order valence-electron chi connectivity index (χ3n) is 7.04. The third kappa shape index (κ3) is 5.29. The number of H-pyrrole nitrogens is 1. The molecule has 0 amide bonds. The van der Waals surface area contributed by atoms with E-state index in [9.17, 15) is 4.79 Å². The standard InChI is InChI=1S/C28H34N6O3/c1-36-24(19-10-5-3-6-11-19)26-31-25-23(21-13-12-20(28(35)37-2)18-22(21)30-25)27(32-26)34(29)17-9-16-33-14-7-4-8-15-33/h3,5-6,10-13,18,24H,4,7-9,14-17,29H2,1-2H3,(H,30,31,32). The topological polar surface area (TPSA) is 110 Å². The first kappa shape index (κ1) is 25.1. The van der Waals surface area contributed by atoms with Gasteiger partial charge < -0.3 is 19.4 Å². The largest absolute Gasteiger partial charge is 0.465 e. The molecule has 0 aliphatic carbocycles. The number of likely N-dealkylation sites (tertiary alicyclic amines) is 1.